The second-order valence-electron chi connectivity index (χ2n) is 1.75. The van der Waals surface area contributed by atoms with Gasteiger partial charge in [0.15, 0.2) is 0 Å². The van der Waals surface area contributed by atoms with E-state index in [1.54, 1.807) is 6.07 Å². The highest BCUT2D eigenvalue weighted by molar-refractivity contribution is 9.10. The van der Waals surface area contributed by atoms with Gasteiger partial charge in [-0.3, -0.25) is 0 Å². The van der Waals surface area contributed by atoms with Gasteiger partial charge in [0, 0.05) is 4.47 Å². The Bertz CT molecular complexity index is 286. The summed E-state index contributed by atoms with van der Waals surface area (Å²) in [6.45, 7) is 0. The van der Waals surface area contributed by atoms with Crippen molar-refractivity contribution in [3.63, 3.8) is 0 Å². The molecule has 2 heteroatoms. The van der Waals surface area contributed by atoms with Gasteiger partial charge >= 0.3 is 0 Å². The molecule has 0 aliphatic heterocycles. The molecule has 0 nitrogen and oxygen atoms in total. The molecule has 1 aromatic rings. The first-order valence-electron chi connectivity index (χ1n) is 2.62. The molecule has 0 atom stereocenters. The molecule has 0 aliphatic rings. The zero-order valence-electron chi connectivity index (χ0n) is 4.99. The first-order valence-corrected chi connectivity index (χ1v) is 3.41. The van der Waals surface area contributed by atoms with Crippen molar-refractivity contribution in [2.75, 3.05) is 0 Å². The van der Waals surface area contributed by atoms with E-state index in [2.05, 4.69) is 15.9 Å². The summed E-state index contributed by atoms with van der Waals surface area (Å²) in [4.78, 5) is 0. The normalized spacial score (nSPS) is 8.90. The summed E-state index contributed by atoms with van der Waals surface area (Å²) >= 11 is 3.10. The first kappa shape index (κ1) is 7.30. The Hall–Kier alpha value is -0.810. The Kier molecular flexibility index (Phi) is 2.08. The van der Waals surface area contributed by atoms with Crippen molar-refractivity contribution in [3.8, 4) is 5.92 Å². The van der Waals surface area contributed by atoms with Crippen molar-refractivity contribution in [2.24, 2.45) is 0 Å². The molecule has 0 amide bonds. The predicted octanol–water partition coefficient (Wildman–Crippen LogP) is 2.53. The van der Waals surface area contributed by atoms with Crippen LogP contribution in [-0.4, -0.2) is 0 Å². The molecule has 49 valence electrons. The third kappa shape index (κ3) is 1.37. The van der Waals surface area contributed by atoms with Gasteiger partial charge in [-0.25, -0.2) is 4.39 Å². The fourth-order valence-electron chi connectivity index (χ4n) is 0.591. The maximum Gasteiger partial charge on any atom is 0.139 e. The highest BCUT2D eigenvalue weighted by Gasteiger charge is 1.97. The summed E-state index contributed by atoms with van der Waals surface area (Å²) in [5, 5.41) is 0. The quantitative estimate of drug-likeness (QED) is 0.562. The van der Waals surface area contributed by atoms with Gasteiger partial charge in [0.25, 0.3) is 0 Å². The van der Waals surface area contributed by atoms with Gasteiger partial charge in [-0.2, -0.15) is 0 Å². The van der Waals surface area contributed by atoms with Crippen LogP contribution in [0.1, 0.15) is 5.56 Å². The summed E-state index contributed by atoms with van der Waals surface area (Å²) in [7, 11) is 0. The van der Waals surface area contributed by atoms with Crippen molar-refractivity contribution in [2.45, 2.75) is 0 Å². The minimum Gasteiger partial charge on any atom is -0.206 e. The van der Waals surface area contributed by atoms with Crippen LogP contribution in [0.4, 0.5) is 4.39 Å². The average Bonchev–Trinajstić information content (AvgIpc) is 1.88. The molecule has 0 saturated carbocycles. The van der Waals surface area contributed by atoms with E-state index in [0.29, 0.717) is 4.47 Å². The molecule has 0 fully saturated rings. The topological polar surface area (TPSA) is 0 Å². The lowest BCUT2D eigenvalue weighted by molar-refractivity contribution is 0.623. The number of hydrogen-bond donors (Lipinski definition) is 0. The molecular weight excluding hydrogens is 195 g/mol. The predicted molar refractivity (Wildman–Crippen MR) is 40.3 cm³/mol. The molecule has 10 heavy (non-hydrogen) atoms. The summed E-state index contributed by atoms with van der Waals surface area (Å²) in [6, 6.07) is 4.46. The molecule has 0 saturated heterocycles. The SMILES string of the molecule is [C]#Cc1ccc(Br)cc1F. The van der Waals surface area contributed by atoms with E-state index in [-0.39, 0.29) is 5.56 Å². The standard InChI is InChI=1S/C8H3BrF/c1-2-6-3-4-7(9)5-8(6)10/h3-5H. The number of halogens is 2. The monoisotopic (exact) mass is 197 g/mol. The minimum atomic E-state index is -0.427. The third-order valence-electron chi connectivity index (χ3n) is 1.07. The summed E-state index contributed by atoms with van der Waals surface area (Å²) in [6.07, 6.45) is 6.65. The van der Waals surface area contributed by atoms with Crippen LogP contribution in [0.5, 0.6) is 0 Å². The van der Waals surface area contributed by atoms with Gasteiger partial charge in [-0.1, -0.05) is 15.9 Å². The zero-order chi connectivity index (χ0) is 7.56. The molecule has 0 N–H and O–H groups in total. The molecule has 0 aromatic heterocycles. The van der Waals surface area contributed by atoms with E-state index in [0.717, 1.165) is 0 Å². The van der Waals surface area contributed by atoms with Crippen molar-refractivity contribution in [3.05, 3.63) is 40.5 Å². The van der Waals surface area contributed by atoms with Gasteiger partial charge in [0.2, 0.25) is 0 Å². The summed E-state index contributed by atoms with van der Waals surface area (Å²) in [5.74, 6) is 1.55. The lowest BCUT2D eigenvalue weighted by Crippen LogP contribution is -1.80. The summed E-state index contributed by atoms with van der Waals surface area (Å²) in [5.41, 5.74) is 0.184. The summed E-state index contributed by atoms with van der Waals surface area (Å²) < 4.78 is 13.3. The largest absolute Gasteiger partial charge is 0.206 e. The Labute approximate surface area is 67.2 Å². The van der Waals surface area contributed by atoms with Crippen LogP contribution >= 0.6 is 15.9 Å². The van der Waals surface area contributed by atoms with Crippen LogP contribution in [0.3, 0.4) is 0 Å². The Balaban J connectivity index is 3.23. The smallest absolute Gasteiger partial charge is 0.139 e. The van der Waals surface area contributed by atoms with Gasteiger partial charge in [-0.05, 0) is 30.5 Å². The average molecular weight is 198 g/mol. The van der Waals surface area contributed by atoms with Crippen LogP contribution < -0.4 is 0 Å². The molecule has 0 unspecified atom stereocenters. The second-order valence-corrected chi connectivity index (χ2v) is 2.66. The lowest BCUT2D eigenvalue weighted by Gasteiger charge is -1.92. The molecule has 0 heterocycles. The second kappa shape index (κ2) is 2.85. The van der Waals surface area contributed by atoms with Crippen molar-refractivity contribution < 1.29 is 4.39 Å². The van der Waals surface area contributed by atoms with E-state index < -0.39 is 5.82 Å². The van der Waals surface area contributed by atoms with Crippen molar-refractivity contribution in [1.29, 1.82) is 0 Å². The van der Waals surface area contributed by atoms with Gasteiger partial charge < -0.3 is 0 Å². The molecular formula is C8H3BrF. The van der Waals surface area contributed by atoms with Gasteiger partial charge in [-0.15, -0.1) is 0 Å². The van der Waals surface area contributed by atoms with E-state index in [1.165, 1.54) is 12.1 Å². The molecule has 0 spiro atoms. The van der Waals surface area contributed by atoms with Crippen molar-refractivity contribution >= 4 is 15.9 Å². The number of benzene rings is 1. The van der Waals surface area contributed by atoms with Crippen LogP contribution in [0.15, 0.2) is 22.7 Å². The number of rotatable bonds is 0. The van der Waals surface area contributed by atoms with Crippen LogP contribution in [-0.2, 0) is 0 Å². The van der Waals surface area contributed by atoms with E-state index in [9.17, 15) is 4.39 Å². The maximum absolute atomic E-state index is 12.6. The zero-order valence-corrected chi connectivity index (χ0v) is 6.57. The molecule has 0 aliphatic carbocycles. The minimum absolute atomic E-state index is 0.184. The fraction of sp³-hybridized carbons (Fsp3) is 0. The van der Waals surface area contributed by atoms with Crippen molar-refractivity contribution in [1.82, 2.24) is 0 Å². The van der Waals surface area contributed by atoms with E-state index in [4.69, 9.17) is 6.42 Å². The molecule has 1 aromatic carbocycles. The molecule has 1 radical (unpaired) electrons. The van der Waals surface area contributed by atoms with Gasteiger partial charge in [0.05, 0.1) is 5.56 Å². The highest BCUT2D eigenvalue weighted by Crippen LogP contribution is 2.13. The van der Waals surface area contributed by atoms with E-state index in [1.807, 2.05) is 5.92 Å². The Morgan fingerprint density at radius 1 is 1.50 bits per heavy atom. The lowest BCUT2D eigenvalue weighted by atomic mass is 10.2. The maximum atomic E-state index is 12.6. The molecule has 0 bridgehead atoms. The van der Waals surface area contributed by atoms with Crippen LogP contribution in [0.2, 0.25) is 0 Å². The van der Waals surface area contributed by atoms with Crippen LogP contribution in [0, 0.1) is 18.2 Å². The Morgan fingerprint density at radius 2 is 2.20 bits per heavy atom. The number of hydrogen-bond acceptors (Lipinski definition) is 0. The third-order valence-corrected chi connectivity index (χ3v) is 1.56. The van der Waals surface area contributed by atoms with E-state index >= 15 is 0 Å². The fourth-order valence-corrected chi connectivity index (χ4v) is 0.924. The highest BCUT2D eigenvalue weighted by atomic mass is 79.9. The Morgan fingerprint density at radius 3 is 2.70 bits per heavy atom. The first-order chi connectivity index (χ1) is 4.74. The van der Waals surface area contributed by atoms with Gasteiger partial charge in [0.1, 0.15) is 5.82 Å². The van der Waals surface area contributed by atoms with Crippen LogP contribution in [0.25, 0.3) is 0 Å². The molecule has 1 rings (SSSR count).